The minimum Gasteiger partial charge on any atom is -0.495 e. The Labute approximate surface area is 153 Å². The molecule has 0 saturated carbocycles. The molecule has 0 aromatic heterocycles. The van der Waals surface area contributed by atoms with Gasteiger partial charge in [0.1, 0.15) is 5.75 Å². The van der Waals surface area contributed by atoms with Crippen LogP contribution in [0.3, 0.4) is 0 Å². The number of carbonyl (C=O) groups excluding carboxylic acids is 1. The third kappa shape index (κ3) is 4.14. The number of hydrogen-bond donors (Lipinski definition) is 1. The van der Waals surface area contributed by atoms with Crippen LogP contribution in [-0.2, 0) is 11.2 Å². The summed E-state index contributed by atoms with van der Waals surface area (Å²) in [6.07, 6.45) is 3.36. The number of benzene rings is 2. The highest BCUT2D eigenvalue weighted by atomic mass is 35.5. The van der Waals surface area contributed by atoms with Crippen molar-refractivity contribution in [1.82, 2.24) is 4.90 Å². The minimum absolute atomic E-state index is 0.0493. The first-order chi connectivity index (χ1) is 12.1. The molecular formula is C20H23ClN2O2. The number of hydrogen-bond acceptors (Lipinski definition) is 3. The molecule has 0 unspecified atom stereocenters. The van der Waals surface area contributed by atoms with Crippen LogP contribution in [0.5, 0.6) is 5.75 Å². The summed E-state index contributed by atoms with van der Waals surface area (Å²) in [6, 6.07) is 14.1. The van der Waals surface area contributed by atoms with Crippen molar-refractivity contribution < 1.29 is 9.53 Å². The summed E-state index contributed by atoms with van der Waals surface area (Å²) in [5.74, 6) is 0.544. The van der Waals surface area contributed by atoms with Crippen molar-refractivity contribution in [2.24, 2.45) is 0 Å². The lowest BCUT2D eigenvalue weighted by Crippen LogP contribution is -2.34. The van der Waals surface area contributed by atoms with E-state index in [1.807, 2.05) is 7.05 Å². The van der Waals surface area contributed by atoms with E-state index in [1.54, 1.807) is 25.3 Å². The quantitative estimate of drug-likeness (QED) is 0.866. The second-order valence-electron chi connectivity index (χ2n) is 6.42. The highest BCUT2D eigenvalue weighted by Crippen LogP contribution is 2.33. The average molecular weight is 359 g/mol. The number of fused-ring (bicyclic) bond motifs is 1. The second kappa shape index (κ2) is 7.89. The molecule has 5 heteroatoms. The molecule has 0 bridgehead atoms. The molecule has 0 spiro atoms. The predicted molar refractivity (Wildman–Crippen MR) is 101 cm³/mol. The van der Waals surface area contributed by atoms with Crippen LogP contribution in [0.2, 0.25) is 5.02 Å². The molecule has 1 aliphatic carbocycles. The van der Waals surface area contributed by atoms with Gasteiger partial charge in [-0.1, -0.05) is 35.9 Å². The first-order valence-corrected chi connectivity index (χ1v) is 8.87. The Morgan fingerprint density at radius 1 is 1.32 bits per heavy atom. The molecule has 2 aromatic carbocycles. The van der Waals surface area contributed by atoms with Gasteiger partial charge in [-0.2, -0.15) is 0 Å². The Morgan fingerprint density at radius 2 is 2.12 bits per heavy atom. The van der Waals surface area contributed by atoms with Gasteiger partial charge in [0.05, 0.1) is 18.7 Å². The van der Waals surface area contributed by atoms with E-state index in [0.717, 1.165) is 19.3 Å². The number of aryl methyl sites for hydroxylation is 1. The lowest BCUT2D eigenvalue weighted by Gasteiger charge is -2.32. The molecular weight excluding hydrogens is 336 g/mol. The van der Waals surface area contributed by atoms with Gasteiger partial charge in [0.25, 0.3) is 0 Å². The van der Waals surface area contributed by atoms with Crippen molar-refractivity contribution in [3.63, 3.8) is 0 Å². The summed E-state index contributed by atoms with van der Waals surface area (Å²) in [4.78, 5) is 14.5. The Hall–Kier alpha value is -2.04. The van der Waals surface area contributed by atoms with Crippen LogP contribution in [-0.4, -0.2) is 31.5 Å². The standard InChI is InChI=1S/C20H23ClN2O2/c1-23(18-9-5-7-14-6-3-4-8-16(14)18)13-20(24)22-15-10-11-19(25-2)17(21)12-15/h3-4,6,8,10-12,18H,5,7,9,13H2,1-2H3,(H,22,24)/t18-/m1/s1. The maximum Gasteiger partial charge on any atom is 0.238 e. The first kappa shape index (κ1) is 17.8. The van der Waals surface area contributed by atoms with E-state index >= 15 is 0 Å². The molecule has 3 rings (SSSR count). The van der Waals surface area contributed by atoms with Gasteiger partial charge in [0, 0.05) is 11.7 Å². The van der Waals surface area contributed by atoms with Crippen LogP contribution in [0.4, 0.5) is 5.69 Å². The zero-order valence-electron chi connectivity index (χ0n) is 14.6. The molecule has 0 saturated heterocycles. The highest BCUT2D eigenvalue weighted by Gasteiger charge is 2.24. The maximum atomic E-state index is 12.4. The van der Waals surface area contributed by atoms with E-state index in [-0.39, 0.29) is 11.9 Å². The molecule has 1 amide bonds. The van der Waals surface area contributed by atoms with Gasteiger partial charge in [-0.15, -0.1) is 0 Å². The van der Waals surface area contributed by atoms with Crippen molar-refractivity contribution in [3.8, 4) is 5.75 Å². The van der Waals surface area contributed by atoms with Gasteiger partial charge in [-0.05, 0) is 55.6 Å². The summed E-state index contributed by atoms with van der Waals surface area (Å²) in [5.41, 5.74) is 3.41. The number of anilines is 1. The second-order valence-corrected chi connectivity index (χ2v) is 6.83. The number of halogens is 1. The highest BCUT2D eigenvalue weighted by molar-refractivity contribution is 6.32. The normalized spacial score (nSPS) is 16.4. The molecule has 0 heterocycles. The zero-order chi connectivity index (χ0) is 17.8. The average Bonchev–Trinajstić information content (AvgIpc) is 2.61. The Balaban J connectivity index is 1.64. The first-order valence-electron chi connectivity index (χ1n) is 8.50. The lowest BCUT2D eigenvalue weighted by atomic mass is 9.87. The SMILES string of the molecule is COc1ccc(NC(=O)CN(C)[C@@H]2CCCc3ccccc32)cc1Cl. The monoisotopic (exact) mass is 358 g/mol. The van der Waals surface area contributed by atoms with Crippen molar-refractivity contribution in [1.29, 1.82) is 0 Å². The van der Waals surface area contributed by atoms with Gasteiger partial charge < -0.3 is 10.1 Å². The minimum atomic E-state index is -0.0493. The summed E-state index contributed by atoms with van der Waals surface area (Å²) >= 11 is 6.11. The molecule has 132 valence electrons. The number of methoxy groups -OCH3 is 1. The largest absolute Gasteiger partial charge is 0.495 e. The van der Waals surface area contributed by atoms with E-state index in [9.17, 15) is 4.79 Å². The Bertz CT molecular complexity index is 763. The van der Waals surface area contributed by atoms with Gasteiger partial charge in [-0.3, -0.25) is 9.69 Å². The fourth-order valence-corrected chi connectivity index (χ4v) is 3.73. The van der Waals surface area contributed by atoms with Gasteiger partial charge >= 0.3 is 0 Å². The van der Waals surface area contributed by atoms with Gasteiger partial charge in [-0.25, -0.2) is 0 Å². The van der Waals surface area contributed by atoms with E-state index in [2.05, 4.69) is 34.5 Å². The third-order valence-electron chi connectivity index (χ3n) is 4.70. The van der Waals surface area contributed by atoms with Crippen LogP contribution in [0.1, 0.15) is 30.0 Å². The van der Waals surface area contributed by atoms with Crippen molar-refractivity contribution in [3.05, 3.63) is 58.6 Å². The van der Waals surface area contributed by atoms with E-state index in [4.69, 9.17) is 16.3 Å². The molecule has 1 aliphatic rings. The maximum absolute atomic E-state index is 12.4. The number of nitrogens with zero attached hydrogens (tertiary/aromatic N) is 1. The molecule has 0 aliphatic heterocycles. The number of likely N-dealkylation sites (N-methyl/N-ethyl adjacent to an activating group) is 1. The van der Waals surface area contributed by atoms with Crippen molar-refractivity contribution in [2.75, 3.05) is 26.0 Å². The molecule has 1 atom stereocenters. The number of carbonyl (C=O) groups is 1. The summed E-state index contributed by atoms with van der Waals surface area (Å²) in [5, 5.41) is 3.39. The smallest absolute Gasteiger partial charge is 0.238 e. The van der Waals surface area contributed by atoms with Crippen LogP contribution < -0.4 is 10.1 Å². The number of ether oxygens (including phenoxy) is 1. The molecule has 1 N–H and O–H groups in total. The van der Waals surface area contributed by atoms with Crippen LogP contribution in [0.25, 0.3) is 0 Å². The van der Waals surface area contributed by atoms with Crippen LogP contribution in [0.15, 0.2) is 42.5 Å². The Kier molecular flexibility index (Phi) is 5.61. The van der Waals surface area contributed by atoms with Gasteiger partial charge in [0.2, 0.25) is 5.91 Å². The van der Waals surface area contributed by atoms with E-state index in [1.165, 1.54) is 11.1 Å². The van der Waals surface area contributed by atoms with Gasteiger partial charge in [0.15, 0.2) is 0 Å². The number of rotatable bonds is 5. The zero-order valence-corrected chi connectivity index (χ0v) is 15.3. The van der Waals surface area contributed by atoms with E-state index in [0.29, 0.717) is 23.0 Å². The fourth-order valence-electron chi connectivity index (χ4n) is 3.47. The topological polar surface area (TPSA) is 41.6 Å². The summed E-state index contributed by atoms with van der Waals surface area (Å²) < 4.78 is 5.13. The van der Waals surface area contributed by atoms with Crippen LogP contribution in [0, 0.1) is 0 Å². The van der Waals surface area contributed by atoms with Crippen molar-refractivity contribution >= 4 is 23.2 Å². The molecule has 0 fully saturated rings. The fraction of sp³-hybridized carbons (Fsp3) is 0.350. The molecule has 2 aromatic rings. The molecule has 0 radical (unpaired) electrons. The summed E-state index contributed by atoms with van der Waals surface area (Å²) in [7, 11) is 3.57. The third-order valence-corrected chi connectivity index (χ3v) is 4.99. The Morgan fingerprint density at radius 3 is 2.88 bits per heavy atom. The van der Waals surface area contributed by atoms with Crippen LogP contribution >= 0.6 is 11.6 Å². The molecule has 25 heavy (non-hydrogen) atoms. The predicted octanol–water partition coefficient (Wildman–Crippen LogP) is 4.30. The summed E-state index contributed by atoms with van der Waals surface area (Å²) in [6.45, 7) is 0.336. The number of nitrogens with one attached hydrogen (secondary N) is 1. The lowest BCUT2D eigenvalue weighted by molar-refractivity contribution is -0.117. The van der Waals surface area contributed by atoms with E-state index < -0.39 is 0 Å². The van der Waals surface area contributed by atoms with Crippen molar-refractivity contribution in [2.45, 2.75) is 25.3 Å². The molecule has 4 nitrogen and oxygen atoms in total. The number of amides is 1.